The fourth-order valence-electron chi connectivity index (χ4n) is 1.78. The fourth-order valence-corrected chi connectivity index (χ4v) is 1.78. The molecule has 0 radical (unpaired) electrons. The highest BCUT2D eigenvalue weighted by atomic mass is 16.1. The standard InChI is InChI=1S/C13H18N2O/c14-12-5-1-4-11(9-12)13(16)15-8-2-3-10-6-7-10/h1,4-5,9-10H,2-3,6-8,14H2,(H,15,16). The van der Waals surface area contributed by atoms with Crippen molar-refractivity contribution < 1.29 is 4.79 Å². The third-order valence-electron chi connectivity index (χ3n) is 2.92. The Kier molecular flexibility index (Phi) is 3.44. The Morgan fingerprint density at radius 3 is 2.94 bits per heavy atom. The molecule has 16 heavy (non-hydrogen) atoms. The third-order valence-corrected chi connectivity index (χ3v) is 2.92. The van der Waals surface area contributed by atoms with Gasteiger partial charge < -0.3 is 11.1 Å². The zero-order valence-corrected chi connectivity index (χ0v) is 9.41. The number of carbonyl (C=O) groups excluding carboxylic acids is 1. The monoisotopic (exact) mass is 218 g/mol. The summed E-state index contributed by atoms with van der Waals surface area (Å²) >= 11 is 0. The van der Waals surface area contributed by atoms with Crippen LogP contribution in [-0.4, -0.2) is 12.5 Å². The molecule has 0 aromatic heterocycles. The number of hydrogen-bond donors (Lipinski definition) is 2. The van der Waals surface area contributed by atoms with Crippen molar-refractivity contribution in [1.82, 2.24) is 5.32 Å². The number of anilines is 1. The lowest BCUT2D eigenvalue weighted by Gasteiger charge is -2.05. The van der Waals surface area contributed by atoms with Crippen LogP contribution in [-0.2, 0) is 0 Å². The minimum Gasteiger partial charge on any atom is -0.399 e. The maximum absolute atomic E-state index is 11.7. The molecule has 1 aliphatic carbocycles. The molecule has 1 aromatic carbocycles. The Morgan fingerprint density at radius 2 is 2.25 bits per heavy atom. The Bertz CT molecular complexity index is 372. The molecule has 3 nitrogen and oxygen atoms in total. The summed E-state index contributed by atoms with van der Waals surface area (Å²) in [6, 6.07) is 7.07. The van der Waals surface area contributed by atoms with Crippen LogP contribution < -0.4 is 11.1 Å². The Morgan fingerprint density at radius 1 is 1.44 bits per heavy atom. The number of amides is 1. The van der Waals surface area contributed by atoms with Crippen molar-refractivity contribution in [1.29, 1.82) is 0 Å². The largest absolute Gasteiger partial charge is 0.399 e. The van der Waals surface area contributed by atoms with E-state index in [9.17, 15) is 4.79 Å². The van der Waals surface area contributed by atoms with Gasteiger partial charge in [-0.15, -0.1) is 0 Å². The van der Waals surface area contributed by atoms with Gasteiger partial charge in [0.25, 0.3) is 5.91 Å². The van der Waals surface area contributed by atoms with Gasteiger partial charge in [-0.3, -0.25) is 4.79 Å². The van der Waals surface area contributed by atoms with Gasteiger partial charge in [-0.25, -0.2) is 0 Å². The zero-order valence-electron chi connectivity index (χ0n) is 9.41. The van der Waals surface area contributed by atoms with Crippen molar-refractivity contribution in [2.24, 2.45) is 5.92 Å². The molecule has 0 atom stereocenters. The Labute approximate surface area is 96.0 Å². The van der Waals surface area contributed by atoms with E-state index < -0.39 is 0 Å². The summed E-state index contributed by atoms with van der Waals surface area (Å²) in [7, 11) is 0. The quantitative estimate of drug-likeness (QED) is 0.588. The number of nitrogen functional groups attached to an aromatic ring is 1. The Balaban J connectivity index is 1.73. The predicted octanol–water partition coefficient (Wildman–Crippen LogP) is 2.19. The van der Waals surface area contributed by atoms with Crippen LogP contribution >= 0.6 is 0 Å². The normalized spacial score (nSPS) is 14.8. The summed E-state index contributed by atoms with van der Waals surface area (Å²) < 4.78 is 0. The molecule has 1 fully saturated rings. The molecular weight excluding hydrogens is 200 g/mol. The summed E-state index contributed by atoms with van der Waals surface area (Å²) in [4.78, 5) is 11.7. The first-order chi connectivity index (χ1) is 7.75. The molecule has 3 heteroatoms. The van der Waals surface area contributed by atoms with Crippen LogP contribution in [0.25, 0.3) is 0 Å². The highest BCUT2D eigenvalue weighted by Crippen LogP contribution is 2.33. The average molecular weight is 218 g/mol. The lowest BCUT2D eigenvalue weighted by atomic mass is 10.2. The maximum atomic E-state index is 11.7. The second-order valence-corrected chi connectivity index (χ2v) is 4.47. The minimum atomic E-state index is -0.0249. The number of nitrogens with one attached hydrogen (secondary N) is 1. The fraction of sp³-hybridized carbons (Fsp3) is 0.462. The van der Waals surface area contributed by atoms with Gasteiger partial charge in [0.2, 0.25) is 0 Å². The highest BCUT2D eigenvalue weighted by Gasteiger charge is 2.20. The van der Waals surface area contributed by atoms with Gasteiger partial charge in [-0.2, -0.15) is 0 Å². The average Bonchev–Trinajstić information content (AvgIpc) is 3.08. The summed E-state index contributed by atoms with van der Waals surface area (Å²) in [6.45, 7) is 0.768. The SMILES string of the molecule is Nc1cccc(C(=O)NCCCC2CC2)c1. The van der Waals surface area contributed by atoms with E-state index in [1.807, 2.05) is 0 Å². The van der Waals surface area contributed by atoms with Gasteiger partial charge in [0.1, 0.15) is 0 Å². The molecule has 0 aliphatic heterocycles. The molecule has 86 valence electrons. The van der Waals surface area contributed by atoms with Crippen molar-refractivity contribution in [2.45, 2.75) is 25.7 Å². The molecule has 3 N–H and O–H groups in total. The topological polar surface area (TPSA) is 55.1 Å². The molecule has 0 saturated heterocycles. The molecule has 0 heterocycles. The first kappa shape index (κ1) is 11.0. The van der Waals surface area contributed by atoms with Crippen molar-refractivity contribution in [3.8, 4) is 0 Å². The van der Waals surface area contributed by atoms with Crippen LogP contribution in [0.2, 0.25) is 0 Å². The molecule has 0 unspecified atom stereocenters. The summed E-state index contributed by atoms with van der Waals surface area (Å²) in [5.74, 6) is 0.910. The van der Waals surface area contributed by atoms with Gasteiger partial charge in [-0.05, 0) is 37.0 Å². The number of rotatable bonds is 5. The molecule has 0 bridgehead atoms. The van der Waals surface area contributed by atoms with E-state index in [2.05, 4.69) is 5.32 Å². The van der Waals surface area contributed by atoms with Crippen LogP contribution in [0, 0.1) is 5.92 Å². The van der Waals surface area contributed by atoms with Crippen LogP contribution in [0.4, 0.5) is 5.69 Å². The van der Waals surface area contributed by atoms with Gasteiger partial charge in [0.05, 0.1) is 0 Å². The summed E-state index contributed by atoms with van der Waals surface area (Å²) in [6.07, 6.45) is 5.09. The number of nitrogens with two attached hydrogens (primary N) is 1. The van der Waals surface area contributed by atoms with Crippen LogP contribution in [0.1, 0.15) is 36.0 Å². The van der Waals surface area contributed by atoms with Crippen molar-refractivity contribution >= 4 is 11.6 Å². The van der Waals surface area contributed by atoms with Crippen molar-refractivity contribution in [2.75, 3.05) is 12.3 Å². The molecule has 2 rings (SSSR count). The molecule has 0 spiro atoms. The van der Waals surface area contributed by atoms with E-state index in [1.54, 1.807) is 24.3 Å². The number of carbonyl (C=O) groups is 1. The van der Waals surface area contributed by atoms with Gasteiger partial charge in [0, 0.05) is 17.8 Å². The van der Waals surface area contributed by atoms with Crippen molar-refractivity contribution in [3.05, 3.63) is 29.8 Å². The lowest BCUT2D eigenvalue weighted by molar-refractivity contribution is 0.0953. The molecule has 1 aliphatic rings. The molecule has 1 aromatic rings. The van der Waals surface area contributed by atoms with Crippen LogP contribution in [0.5, 0.6) is 0 Å². The van der Waals surface area contributed by atoms with Crippen LogP contribution in [0.3, 0.4) is 0 Å². The highest BCUT2D eigenvalue weighted by molar-refractivity contribution is 5.94. The van der Waals surface area contributed by atoms with E-state index >= 15 is 0 Å². The summed E-state index contributed by atoms with van der Waals surface area (Å²) in [5.41, 5.74) is 6.89. The summed E-state index contributed by atoms with van der Waals surface area (Å²) in [5, 5.41) is 2.91. The molecule has 1 amide bonds. The third kappa shape index (κ3) is 3.26. The van der Waals surface area contributed by atoms with Crippen LogP contribution in [0.15, 0.2) is 24.3 Å². The van der Waals surface area contributed by atoms with Gasteiger partial charge in [0.15, 0.2) is 0 Å². The van der Waals surface area contributed by atoms with E-state index in [0.29, 0.717) is 11.3 Å². The van der Waals surface area contributed by atoms with E-state index in [4.69, 9.17) is 5.73 Å². The second kappa shape index (κ2) is 5.01. The van der Waals surface area contributed by atoms with Gasteiger partial charge in [-0.1, -0.05) is 18.9 Å². The smallest absolute Gasteiger partial charge is 0.251 e. The molecule has 1 saturated carbocycles. The van der Waals surface area contributed by atoms with Gasteiger partial charge >= 0.3 is 0 Å². The Hall–Kier alpha value is -1.51. The maximum Gasteiger partial charge on any atom is 0.251 e. The second-order valence-electron chi connectivity index (χ2n) is 4.47. The van der Waals surface area contributed by atoms with E-state index in [0.717, 1.165) is 18.9 Å². The van der Waals surface area contributed by atoms with E-state index in [-0.39, 0.29) is 5.91 Å². The first-order valence-electron chi connectivity index (χ1n) is 5.89. The first-order valence-corrected chi connectivity index (χ1v) is 5.89. The lowest BCUT2D eigenvalue weighted by Crippen LogP contribution is -2.24. The minimum absolute atomic E-state index is 0.0249. The number of benzene rings is 1. The predicted molar refractivity (Wildman–Crippen MR) is 65.1 cm³/mol. The zero-order chi connectivity index (χ0) is 11.4. The van der Waals surface area contributed by atoms with E-state index in [1.165, 1.54) is 19.3 Å². The number of hydrogen-bond acceptors (Lipinski definition) is 2. The van der Waals surface area contributed by atoms with Crippen molar-refractivity contribution in [3.63, 3.8) is 0 Å². The molecular formula is C13H18N2O.